The van der Waals surface area contributed by atoms with E-state index in [2.05, 4.69) is 43.1 Å². The van der Waals surface area contributed by atoms with Gasteiger partial charge in [-0.15, -0.1) is 0 Å². The van der Waals surface area contributed by atoms with Crippen LogP contribution in [-0.4, -0.2) is 19.1 Å². The van der Waals surface area contributed by atoms with Gasteiger partial charge in [-0.25, -0.2) is 0 Å². The van der Waals surface area contributed by atoms with Crippen molar-refractivity contribution in [3.63, 3.8) is 0 Å². The summed E-state index contributed by atoms with van der Waals surface area (Å²) < 4.78 is 0. The molecule has 3 heteroatoms. The van der Waals surface area contributed by atoms with E-state index in [1.165, 1.54) is 30.5 Å². The van der Waals surface area contributed by atoms with Crippen LogP contribution in [0.5, 0.6) is 0 Å². The Bertz CT molecular complexity index is 441. The first kappa shape index (κ1) is 16.6. The van der Waals surface area contributed by atoms with Crippen LogP contribution in [0.2, 0.25) is 5.02 Å². The first-order valence-corrected chi connectivity index (χ1v) is 8.75. The third kappa shape index (κ3) is 5.19. The van der Waals surface area contributed by atoms with Crippen molar-refractivity contribution >= 4 is 17.3 Å². The van der Waals surface area contributed by atoms with Crippen LogP contribution >= 0.6 is 11.6 Å². The number of rotatable bonds is 9. The molecule has 0 aromatic heterocycles. The van der Waals surface area contributed by atoms with Crippen molar-refractivity contribution in [3.05, 3.63) is 28.8 Å². The lowest BCUT2D eigenvalue weighted by Gasteiger charge is -2.28. The Morgan fingerprint density at radius 2 is 2.10 bits per heavy atom. The maximum Gasteiger partial charge on any atom is 0.0415 e. The first-order chi connectivity index (χ1) is 10.1. The molecule has 0 amide bonds. The summed E-state index contributed by atoms with van der Waals surface area (Å²) in [5.74, 6) is 0.750. The van der Waals surface area contributed by atoms with Crippen LogP contribution in [0.3, 0.4) is 0 Å². The van der Waals surface area contributed by atoms with E-state index < -0.39 is 0 Å². The quantitative estimate of drug-likeness (QED) is 0.656. The van der Waals surface area contributed by atoms with Gasteiger partial charge in [-0.05, 0) is 61.9 Å². The average molecular weight is 309 g/mol. The highest BCUT2D eigenvalue weighted by molar-refractivity contribution is 6.30. The highest BCUT2D eigenvalue weighted by atomic mass is 35.5. The van der Waals surface area contributed by atoms with Crippen molar-refractivity contribution in [2.75, 3.05) is 18.0 Å². The Morgan fingerprint density at radius 3 is 2.71 bits per heavy atom. The van der Waals surface area contributed by atoms with Crippen LogP contribution in [0, 0.1) is 5.92 Å². The van der Waals surface area contributed by atoms with E-state index in [1.54, 1.807) is 0 Å². The summed E-state index contributed by atoms with van der Waals surface area (Å²) in [6.07, 6.45) is 5.08. The average Bonchev–Trinajstić information content (AvgIpc) is 3.25. The molecule has 0 bridgehead atoms. The molecule has 2 nitrogen and oxygen atoms in total. The molecule has 0 spiro atoms. The zero-order valence-corrected chi connectivity index (χ0v) is 14.4. The second-order valence-electron chi connectivity index (χ2n) is 6.56. The van der Waals surface area contributed by atoms with Gasteiger partial charge in [0.2, 0.25) is 0 Å². The fourth-order valence-electron chi connectivity index (χ4n) is 2.66. The molecule has 0 atom stereocenters. The normalized spacial score (nSPS) is 14.7. The molecular weight excluding hydrogens is 280 g/mol. The lowest BCUT2D eigenvalue weighted by Crippen LogP contribution is -2.29. The summed E-state index contributed by atoms with van der Waals surface area (Å²) in [6, 6.07) is 7.12. The van der Waals surface area contributed by atoms with Crippen molar-refractivity contribution in [2.24, 2.45) is 5.92 Å². The second kappa shape index (κ2) is 8.05. The second-order valence-corrected chi connectivity index (χ2v) is 6.99. The summed E-state index contributed by atoms with van der Waals surface area (Å²) in [4.78, 5) is 2.61. The van der Waals surface area contributed by atoms with Crippen molar-refractivity contribution in [2.45, 2.75) is 59.0 Å². The number of benzene rings is 1. The molecule has 0 unspecified atom stereocenters. The first-order valence-electron chi connectivity index (χ1n) is 8.37. The largest absolute Gasteiger partial charge is 0.368 e. The number of nitrogens with zero attached hydrogens (tertiary/aromatic N) is 1. The van der Waals surface area contributed by atoms with Gasteiger partial charge in [0.05, 0.1) is 0 Å². The smallest absolute Gasteiger partial charge is 0.0415 e. The summed E-state index contributed by atoms with van der Waals surface area (Å²) in [7, 11) is 0. The Labute approximate surface area is 134 Å². The van der Waals surface area contributed by atoms with Gasteiger partial charge >= 0.3 is 0 Å². The number of hydrogen-bond donors (Lipinski definition) is 1. The van der Waals surface area contributed by atoms with Crippen molar-refractivity contribution in [1.82, 2.24) is 5.32 Å². The maximum absolute atomic E-state index is 6.21. The van der Waals surface area contributed by atoms with Gasteiger partial charge in [0, 0.05) is 29.8 Å². The molecule has 1 aromatic carbocycles. The zero-order chi connectivity index (χ0) is 15.2. The molecule has 1 aliphatic carbocycles. The summed E-state index contributed by atoms with van der Waals surface area (Å²) >= 11 is 6.21. The van der Waals surface area contributed by atoms with Crippen LogP contribution in [0.25, 0.3) is 0 Å². The molecule has 0 aliphatic heterocycles. The summed E-state index contributed by atoms with van der Waals surface area (Å²) in [5, 5.41) is 4.35. The van der Waals surface area contributed by atoms with Gasteiger partial charge in [0.1, 0.15) is 0 Å². The van der Waals surface area contributed by atoms with Crippen LogP contribution in [0.4, 0.5) is 5.69 Å². The van der Waals surface area contributed by atoms with Gasteiger partial charge in [0.15, 0.2) is 0 Å². The van der Waals surface area contributed by atoms with E-state index in [4.69, 9.17) is 11.6 Å². The van der Waals surface area contributed by atoms with Gasteiger partial charge in [-0.3, -0.25) is 0 Å². The van der Waals surface area contributed by atoms with E-state index in [1.807, 2.05) is 6.07 Å². The lowest BCUT2D eigenvalue weighted by molar-refractivity contribution is 0.569. The SMILES string of the molecule is CCCNCc1cc(Cl)ccc1N(CCC(C)C)C1CC1. The van der Waals surface area contributed by atoms with Gasteiger partial charge in [-0.1, -0.05) is 32.4 Å². The van der Waals surface area contributed by atoms with Gasteiger partial charge < -0.3 is 10.2 Å². The third-order valence-corrected chi connectivity index (χ3v) is 4.26. The minimum absolute atomic E-state index is 0.745. The number of anilines is 1. The van der Waals surface area contributed by atoms with Crippen LogP contribution in [-0.2, 0) is 6.54 Å². The Balaban J connectivity index is 2.13. The van der Waals surface area contributed by atoms with Gasteiger partial charge in [-0.2, -0.15) is 0 Å². The van der Waals surface area contributed by atoms with Gasteiger partial charge in [0.25, 0.3) is 0 Å². The predicted octanol–water partition coefficient (Wildman–Crippen LogP) is 4.85. The third-order valence-electron chi connectivity index (χ3n) is 4.03. The number of nitrogens with one attached hydrogen (secondary N) is 1. The standard InChI is InChI=1S/C18H29ClN2/c1-4-10-20-13-15-12-16(19)5-8-18(15)21(17-6-7-17)11-9-14(2)3/h5,8,12,14,17,20H,4,6-7,9-11,13H2,1-3H3. The van der Waals surface area contributed by atoms with E-state index in [0.29, 0.717) is 0 Å². The zero-order valence-electron chi connectivity index (χ0n) is 13.7. The molecule has 2 rings (SSSR count). The molecule has 21 heavy (non-hydrogen) atoms. The Hall–Kier alpha value is -0.730. The number of halogens is 1. The molecule has 118 valence electrons. The molecule has 1 aromatic rings. The Kier molecular flexibility index (Phi) is 6.38. The van der Waals surface area contributed by atoms with Crippen LogP contribution < -0.4 is 10.2 Å². The lowest BCUT2D eigenvalue weighted by atomic mass is 10.1. The van der Waals surface area contributed by atoms with Crippen LogP contribution in [0.1, 0.15) is 52.0 Å². The molecule has 0 heterocycles. The minimum atomic E-state index is 0.745. The maximum atomic E-state index is 6.21. The van der Waals surface area contributed by atoms with Crippen molar-refractivity contribution in [1.29, 1.82) is 0 Å². The monoisotopic (exact) mass is 308 g/mol. The van der Waals surface area contributed by atoms with E-state index >= 15 is 0 Å². The minimum Gasteiger partial charge on any atom is -0.368 e. The van der Waals surface area contributed by atoms with Crippen molar-refractivity contribution in [3.8, 4) is 0 Å². The van der Waals surface area contributed by atoms with Crippen LogP contribution in [0.15, 0.2) is 18.2 Å². The predicted molar refractivity (Wildman–Crippen MR) is 93.3 cm³/mol. The molecule has 1 saturated carbocycles. The molecule has 1 aliphatic rings. The van der Waals surface area contributed by atoms with E-state index in [9.17, 15) is 0 Å². The topological polar surface area (TPSA) is 15.3 Å². The van der Waals surface area contributed by atoms with E-state index in [0.717, 1.165) is 43.0 Å². The van der Waals surface area contributed by atoms with Crippen molar-refractivity contribution < 1.29 is 0 Å². The molecule has 0 saturated heterocycles. The highest BCUT2D eigenvalue weighted by Crippen LogP contribution is 2.35. The number of hydrogen-bond acceptors (Lipinski definition) is 2. The molecular formula is C18H29ClN2. The highest BCUT2D eigenvalue weighted by Gasteiger charge is 2.30. The Morgan fingerprint density at radius 1 is 1.33 bits per heavy atom. The molecule has 1 N–H and O–H groups in total. The fraction of sp³-hybridized carbons (Fsp3) is 0.667. The fourth-order valence-corrected chi connectivity index (χ4v) is 2.85. The summed E-state index contributed by atoms with van der Waals surface area (Å²) in [5.41, 5.74) is 2.72. The molecule has 1 fully saturated rings. The van der Waals surface area contributed by atoms with E-state index in [-0.39, 0.29) is 0 Å². The summed E-state index contributed by atoms with van der Waals surface area (Å²) in [6.45, 7) is 9.93. The molecule has 0 radical (unpaired) electrons.